The van der Waals surface area contributed by atoms with E-state index in [1.807, 2.05) is 0 Å². The number of nitrogens with two attached hydrogens (primary N) is 1. The third-order valence-electron chi connectivity index (χ3n) is 7.41. The van der Waals surface area contributed by atoms with E-state index in [0.717, 1.165) is 37.7 Å². The molecule has 0 saturated heterocycles. The lowest BCUT2D eigenvalue weighted by Crippen LogP contribution is -2.45. The van der Waals surface area contributed by atoms with E-state index in [4.69, 9.17) is 10.7 Å². The van der Waals surface area contributed by atoms with Gasteiger partial charge in [-0.25, -0.2) is 5.90 Å². The Morgan fingerprint density at radius 1 is 1.25 bits per heavy atom. The molecule has 4 N–H and O–H groups in total. The van der Waals surface area contributed by atoms with Gasteiger partial charge in [0.25, 0.3) is 0 Å². The van der Waals surface area contributed by atoms with Gasteiger partial charge in [0, 0.05) is 5.92 Å². The van der Waals surface area contributed by atoms with Crippen LogP contribution in [0, 0.1) is 17.3 Å². The Kier molecular flexibility index (Phi) is 4.20. The monoisotopic (exact) mass is 331 g/mol. The Hall–Kier alpha value is -0.940. The number of aliphatic hydroxyl groups excluding tert-OH is 2. The highest BCUT2D eigenvalue weighted by Gasteiger charge is 2.55. The number of hydrogen-bond acceptors (Lipinski definition) is 4. The second-order valence-corrected chi connectivity index (χ2v) is 8.40. The number of fused-ring (bicyclic) bond motifs is 5. The molecule has 0 amide bonds. The van der Waals surface area contributed by atoms with Crippen molar-refractivity contribution in [2.45, 2.75) is 63.6 Å². The van der Waals surface area contributed by atoms with Gasteiger partial charge in [-0.15, -0.1) is 0 Å². The first-order valence-electron chi connectivity index (χ1n) is 9.31. The molecule has 0 radical (unpaired) electrons. The Morgan fingerprint density at radius 2 is 2.08 bits per heavy atom. The van der Waals surface area contributed by atoms with E-state index in [2.05, 4.69) is 25.1 Å². The van der Waals surface area contributed by atoms with Gasteiger partial charge in [-0.1, -0.05) is 25.1 Å². The minimum absolute atomic E-state index is 0.0739. The van der Waals surface area contributed by atoms with Crippen molar-refractivity contribution in [1.29, 1.82) is 0 Å². The van der Waals surface area contributed by atoms with Crippen LogP contribution in [0.3, 0.4) is 0 Å². The summed E-state index contributed by atoms with van der Waals surface area (Å²) in [6, 6.07) is 6.42. The fourth-order valence-corrected chi connectivity index (χ4v) is 6.12. The molecule has 0 bridgehead atoms. The summed E-state index contributed by atoms with van der Waals surface area (Å²) in [7, 11) is 0. The first kappa shape index (κ1) is 16.5. The summed E-state index contributed by atoms with van der Waals surface area (Å²) in [5, 5.41) is 20.0. The molecule has 4 heteroatoms. The third-order valence-corrected chi connectivity index (χ3v) is 7.41. The summed E-state index contributed by atoms with van der Waals surface area (Å²) in [5.74, 6) is 7.48. The van der Waals surface area contributed by atoms with Gasteiger partial charge in [-0.2, -0.15) is 0 Å². The van der Waals surface area contributed by atoms with Crippen LogP contribution in [0.2, 0.25) is 0 Å². The molecule has 24 heavy (non-hydrogen) atoms. The lowest BCUT2D eigenvalue weighted by Gasteiger charge is -2.51. The Labute approximate surface area is 144 Å². The van der Waals surface area contributed by atoms with Crippen LogP contribution in [0.15, 0.2) is 18.2 Å². The maximum Gasteiger partial charge on any atom is 0.0748 e. The van der Waals surface area contributed by atoms with Crippen molar-refractivity contribution < 1.29 is 15.1 Å². The summed E-state index contributed by atoms with van der Waals surface area (Å²) in [5.41, 5.74) is 3.79. The second-order valence-electron chi connectivity index (χ2n) is 8.40. The molecule has 4 rings (SSSR count). The molecule has 1 aromatic carbocycles. The van der Waals surface area contributed by atoms with Crippen LogP contribution >= 0.6 is 0 Å². The Bertz CT molecular complexity index is 619. The highest BCUT2D eigenvalue weighted by molar-refractivity contribution is 5.40. The van der Waals surface area contributed by atoms with Crippen LogP contribution in [0.25, 0.3) is 0 Å². The zero-order valence-corrected chi connectivity index (χ0v) is 14.4. The van der Waals surface area contributed by atoms with Crippen molar-refractivity contribution >= 4 is 0 Å². The molecule has 0 aromatic heterocycles. The molecular weight excluding hydrogens is 302 g/mol. The predicted molar refractivity (Wildman–Crippen MR) is 92.2 cm³/mol. The van der Waals surface area contributed by atoms with Gasteiger partial charge in [0.1, 0.15) is 0 Å². The molecule has 4 nitrogen and oxygen atoms in total. The lowest BCUT2D eigenvalue weighted by atomic mass is 9.54. The minimum atomic E-state index is -0.147. The van der Waals surface area contributed by atoms with Gasteiger partial charge < -0.3 is 15.1 Å². The van der Waals surface area contributed by atoms with Gasteiger partial charge in [0.15, 0.2) is 0 Å². The fraction of sp³-hybridized carbons (Fsp3) is 0.700. The van der Waals surface area contributed by atoms with Crippen molar-refractivity contribution in [1.82, 2.24) is 0 Å². The number of rotatable bonds is 3. The van der Waals surface area contributed by atoms with Crippen molar-refractivity contribution in [3.63, 3.8) is 0 Å². The summed E-state index contributed by atoms with van der Waals surface area (Å²) in [6.45, 7) is 2.89. The van der Waals surface area contributed by atoms with Crippen molar-refractivity contribution in [3.05, 3.63) is 34.9 Å². The van der Waals surface area contributed by atoms with Crippen LogP contribution in [-0.2, 0) is 11.4 Å². The zero-order valence-electron chi connectivity index (χ0n) is 14.4. The average molecular weight is 331 g/mol. The highest BCUT2D eigenvalue weighted by atomic mass is 16.6. The van der Waals surface area contributed by atoms with Crippen molar-refractivity contribution in [3.8, 4) is 0 Å². The molecule has 3 aliphatic carbocycles. The zero-order chi connectivity index (χ0) is 16.9. The van der Waals surface area contributed by atoms with E-state index >= 15 is 0 Å². The number of benzene rings is 1. The first-order chi connectivity index (χ1) is 11.6. The van der Waals surface area contributed by atoms with Crippen LogP contribution in [0.1, 0.15) is 67.6 Å². The fourth-order valence-electron chi connectivity index (χ4n) is 6.12. The second kappa shape index (κ2) is 6.10. The van der Waals surface area contributed by atoms with E-state index in [9.17, 15) is 10.2 Å². The van der Waals surface area contributed by atoms with Gasteiger partial charge in [-0.05, 0) is 72.0 Å². The van der Waals surface area contributed by atoms with E-state index in [1.54, 1.807) is 0 Å². The molecule has 0 heterocycles. The van der Waals surface area contributed by atoms with E-state index < -0.39 is 0 Å². The van der Waals surface area contributed by atoms with E-state index in [-0.39, 0.29) is 24.0 Å². The summed E-state index contributed by atoms with van der Waals surface area (Å²) in [6.07, 6.45) is 5.27. The van der Waals surface area contributed by atoms with E-state index in [1.165, 1.54) is 11.1 Å². The molecule has 0 spiro atoms. The Balaban J connectivity index is 1.73. The topological polar surface area (TPSA) is 75.7 Å². The minimum Gasteiger partial charge on any atom is -0.393 e. The molecule has 132 valence electrons. The maximum absolute atomic E-state index is 10.5. The van der Waals surface area contributed by atoms with Gasteiger partial charge in [0.05, 0.1) is 19.3 Å². The molecular formula is C20H29NO3. The normalized spacial score (nSPS) is 40.8. The van der Waals surface area contributed by atoms with Crippen LogP contribution < -0.4 is 5.90 Å². The van der Waals surface area contributed by atoms with Gasteiger partial charge in [0.2, 0.25) is 0 Å². The lowest BCUT2D eigenvalue weighted by molar-refractivity contribution is -0.0283. The molecule has 2 saturated carbocycles. The van der Waals surface area contributed by atoms with Crippen molar-refractivity contribution in [2.75, 3.05) is 6.61 Å². The average Bonchev–Trinajstić information content (AvgIpc) is 2.90. The maximum atomic E-state index is 10.5. The van der Waals surface area contributed by atoms with Gasteiger partial charge in [-0.3, -0.25) is 0 Å². The Morgan fingerprint density at radius 3 is 2.83 bits per heavy atom. The van der Waals surface area contributed by atoms with Crippen LogP contribution in [-0.4, -0.2) is 22.9 Å². The third kappa shape index (κ3) is 2.35. The van der Waals surface area contributed by atoms with Crippen LogP contribution in [0.4, 0.5) is 0 Å². The quantitative estimate of drug-likeness (QED) is 0.745. The number of hydrogen-bond donors (Lipinski definition) is 3. The van der Waals surface area contributed by atoms with E-state index in [0.29, 0.717) is 24.4 Å². The van der Waals surface area contributed by atoms with Crippen molar-refractivity contribution in [2.24, 2.45) is 23.1 Å². The van der Waals surface area contributed by atoms with Crippen LogP contribution in [0.5, 0.6) is 0 Å². The molecule has 2 fully saturated rings. The molecule has 0 aliphatic heterocycles. The summed E-state index contributed by atoms with van der Waals surface area (Å²) >= 11 is 0. The largest absolute Gasteiger partial charge is 0.393 e. The number of aliphatic hydroxyl groups is 2. The van der Waals surface area contributed by atoms with Gasteiger partial charge >= 0.3 is 0 Å². The molecule has 6 atom stereocenters. The first-order valence-corrected chi connectivity index (χ1v) is 9.31. The summed E-state index contributed by atoms with van der Waals surface area (Å²) in [4.78, 5) is 5.04. The smallest absolute Gasteiger partial charge is 0.0748 e. The molecule has 1 unspecified atom stereocenters. The highest BCUT2D eigenvalue weighted by Crippen LogP contribution is 2.62. The molecule has 3 aliphatic rings. The summed E-state index contributed by atoms with van der Waals surface area (Å²) < 4.78 is 0. The molecule has 1 aromatic rings. The standard InChI is InChI=1S/C20H29NO3/c1-20-7-6-15-14-3-2-12(10-22)8-16(14)13(11-24-21)9-17(15)18(20)4-5-19(20)23/h2-3,8,13,15,17-19,22-23H,4-7,9-11,21H2,1H3/t13-,15+,17+,18-,19?,20-/m0/s1. The predicted octanol–water partition coefficient (Wildman–Crippen LogP) is 2.83. The SMILES string of the molecule is C[C@]12CC[C@@H]3c4ccc(CO)cc4[C@H](CON)C[C@H]3[C@@H]1CCC2O.